The predicted molar refractivity (Wildman–Crippen MR) is 62.4 cm³/mol. The van der Waals surface area contributed by atoms with Crippen molar-refractivity contribution in [2.24, 2.45) is 0 Å². The van der Waals surface area contributed by atoms with E-state index >= 15 is 0 Å². The van der Waals surface area contributed by atoms with Crippen molar-refractivity contribution in [2.75, 3.05) is 25.6 Å². The van der Waals surface area contributed by atoms with Gasteiger partial charge in [0.1, 0.15) is 0 Å². The monoisotopic (exact) mass is 224 g/mol. The number of rotatable bonds is 4. The minimum absolute atomic E-state index is 0.130. The van der Waals surface area contributed by atoms with Crippen molar-refractivity contribution in [1.29, 1.82) is 0 Å². The average molecular weight is 224 g/mol. The van der Waals surface area contributed by atoms with Crippen LogP contribution >= 0.6 is 11.8 Å². The molecule has 1 fully saturated rings. The minimum Gasteiger partial charge on any atom is -0.395 e. The molecule has 1 aliphatic heterocycles. The van der Waals surface area contributed by atoms with Gasteiger partial charge < -0.3 is 9.84 Å². The molecule has 0 aliphatic carbocycles. The number of aliphatic hydroxyl groups excluding tert-OH is 1. The second-order valence-electron chi connectivity index (χ2n) is 3.89. The highest BCUT2D eigenvalue weighted by molar-refractivity contribution is 7.99. The Labute approximate surface area is 94.6 Å². The zero-order valence-electron chi connectivity index (χ0n) is 8.90. The molecule has 2 nitrogen and oxygen atoms in total. The Kier molecular flexibility index (Phi) is 3.34. The lowest BCUT2D eigenvalue weighted by Crippen LogP contribution is -2.49. The average Bonchev–Trinajstić information content (AvgIpc) is 2.20. The molecular formula is C12H16O2S. The summed E-state index contributed by atoms with van der Waals surface area (Å²) >= 11 is 1.83. The largest absolute Gasteiger partial charge is 0.395 e. The molecule has 1 heterocycles. The van der Waals surface area contributed by atoms with Crippen LogP contribution in [0.3, 0.4) is 0 Å². The van der Waals surface area contributed by atoms with Crippen LogP contribution in [-0.2, 0) is 10.2 Å². The molecule has 1 aliphatic rings. The van der Waals surface area contributed by atoms with Gasteiger partial charge in [-0.25, -0.2) is 0 Å². The first-order chi connectivity index (χ1) is 7.30. The highest BCUT2D eigenvalue weighted by Crippen LogP contribution is 2.32. The van der Waals surface area contributed by atoms with Gasteiger partial charge >= 0.3 is 0 Å². The van der Waals surface area contributed by atoms with Crippen LogP contribution in [0.5, 0.6) is 0 Å². The summed E-state index contributed by atoms with van der Waals surface area (Å²) < 4.78 is 5.20. The zero-order valence-corrected chi connectivity index (χ0v) is 9.72. The number of hydrogen-bond donors (Lipinski definition) is 1. The molecule has 2 rings (SSSR count). The van der Waals surface area contributed by atoms with E-state index in [9.17, 15) is 5.11 Å². The maximum Gasteiger partial charge on any atom is 0.0651 e. The molecule has 0 saturated carbocycles. The van der Waals surface area contributed by atoms with Crippen LogP contribution in [-0.4, -0.2) is 30.7 Å². The third kappa shape index (κ3) is 2.05. The van der Waals surface area contributed by atoms with Crippen LogP contribution in [0.2, 0.25) is 0 Å². The van der Waals surface area contributed by atoms with Crippen molar-refractivity contribution in [3.8, 4) is 0 Å². The maximum absolute atomic E-state index is 9.38. The lowest BCUT2D eigenvalue weighted by atomic mass is 9.79. The number of aliphatic hydroxyl groups is 1. The lowest BCUT2D eigenvalue weighted by Gasteiger charge is -2.40. The summed E-state index contributed by atoms with van der Waals surface area (Å²) in [5, 5.41) is 9.38. The lowest BCUT2D eigenvalue weighted by molar-refractivity contribution is -0.0841. The van der Waals surface area contributed by atoms with Crippen LogP contribution < -0.4 is 0 Å². The SMILES string of the molecule is CCSc1ccc(C2(CO)COC2)cc1. The van der Waals surface area contributed by atoms with Crippen molar-refractivity contribution in [3.05, 3.63) is 29.8 Å². The topological polar surface area (TPSA) is 29.5 Å². The van der Waals surface area contributed by atoms with E-state index in [-0.39, 0.29) is 12.0 Å². The van der Waals surface area contributed by atoms with Gasteiger partial charge in [-0.05, 0) is 23.4 Å². The molecule has 3 heteroatoms. The van der Waals surface area contributed by atoms with Crippen LogP contribution in [0.4, 0.5) is 0 Å². The second kappa shape index (κ2) is 4.56. The molecule has 0 unspecified atom stereocenters. The van der Waals surface area contributed by atoms with Gasteiger partial charge in [0.15, 0.2) is 0 Å². The van der Waals surface area contributed by atoms with Gasteiger partial charge in [0, 0.05) is 4.90 Å². The van der Waals surface area contributed by atoms with Crippen LogP contribution in [0.1, 0.15) is 12.5 Å². The van der Waals surface area contributed by atoms with E-state index in [1.54, 1.807) is 0 Å². The Hall–Kier alpha value is -0.510. The Morgan fingerprint density at radius 2 is 2.00 bits per heavy atom. The van der Waals surface area contributed by atoms with Crippen LogP contribution in [0, 0.1) is 0 Å². The molecule has 1 saturated heterocycles. The van der Waals surface area contributed by atoms with Crippen LogP contribution in [0.15, 0.2) is 29.2 Å². The molecule has 82 valence electrons. The van der Waals surface area contributed by atoms with E-state index in [0.29, 0.717) is 13.2 Å². The smallest absolute Gasteiger partial charge is 0.0651 e. The third-order valence-electron chi connectivity index (χ3n) is 2.84. The molecule has 0 spiro atoms. The first-order valence-electron chi connectivity index (χ1n) is 5.23. The number of thioether (sulfide) groups is 1. The molecule has 0 bridgehead atoms. The van der Waals surface area contributed by atoms with Gasteiger partial charge in [-0.15, -0.1) is 11.8 Å². The van der Waals surface area contributed by atoms with Crippen molar-refractivity contribution < 1.29 is 9.84 Å². The molecule has 1 aromatic rings. The standard InChI is InChI=1S/C12H16O2S/c1-2-15-11-5-3-10(4-6-11)12(7-13)8-14-9-12/h3-6,13H,2,7-9H2,1H3. The fourth-order valence-corrected chi connectivity index (χ4v) is 2.43. The molecule has 0 atom stereocenters. The van der Waals surface area contributed by atoms with E-state index < -0.39 is 0 Å². The van der Waals surface area contributed by atoms with E-state index in [4.69, 9.17) is 4.74 Å². The fraction of sp³-hybridized carbons (Fsp3) is 0.500. The number of ether oxygens (including phenoxy) is 1. The van der Waals surface area contributed by atoms with Crippen molar-refractivity contribution in [3.63, 3.8) is 0 Å². The van der Waals surface area contributed by atoms with Gasteiger partial charge in [0.2, 0.25) is 0 Å². The molecule has 15 heavy (non-hydrogen) atoms. The highest BCUT2D eigenvalue weighted by Gasteiger charge is 2.39. The molecule has 1 N–H and O–H groups in total. The van der Waals surface area contributed by atoms with Gasteiger partial charge in [-0.1, -0.05) is 19.1 Å². The molecule has 1 aromatic carbocycles. The third-order valence-corrected chi connectivity index (χ3v) is 3.73. The van der Waals surface area contributed by atoms with E-state index in [1.165, 1.54) is 10.5 Å². The van der Waals surface area contributed by atoms with E-state index in [1.807, 2.05) is 11.8 Å². The molecule has 0 amide bonds. The number of hydrogen-bond acceptors (Lipinski definition) is 3. The van der Waals surface area contributed by atoms with Crippen LogP contribution in [0.25, 0.3) is 0 Å². The first-order valence-corrected chi connectivity index (χ1v) is 6.21. The zero-order chi connectivity index (χ0) is 10.7. The quantitative estimate of drug-likeness (QED) is 0.794. The molecule has 0 radical (unpaired) electrons. The van der Waals surface area contributed by atoms with Gasteiger partial charge in [-0.2, -0.15) is 0 Å². The van der Waals surface area contributed by atoms with Crippen molar-refractivity contribution in [1.82, 2.24) is 0 Å². The second-order valence-corrected chi connectivity index (χ2v) is 5.23. The van der Waals surface area contributed by atoms with Gasteiger partial charge in [-0.3, -0.25) is 0 Å². The Morgan fingerprint density at radius 1 is 1.33 bits per heavy atom. The summed E-state index contributed by atoms with van der Waals surface area (Å²) in [6.07, 6.45) is 0. The molecule has 0 aromatic heterocycles. The summed E-state index contributed by atoms with van der Waals surface area (Å²) in [7, 11) is 0. The van der Waals surface area contributed by atoms with Gasteiger partial charge in [0.05, 0.1) is 25.2 Å². The summed E-state index contributed by atoms with van der Waals surface area (Å²) in [4.78, 5) is 1.29. The van der Waals surface area contributed by atoms with Crippen molar-refractivity contribution in [2.45, 2.75) is 17.2 Å². The van der Waals surface area contributed by atoms with E-state index in [2.05, 4.69) is 31.2 Å². The summed E-state index contributed by atoms with van der Waals surface area (Å²) in [6.45, 7) is 3.61. The Bertz CT molecular complexity index is 311. The predicted octanol–water partition coefficient (Wildman–Crippen LogP) is 2.06. The Balaban J connectivity index is 2.15. The summed E-state index contributed by atoms with van der Waals surface area (Å²) in [5.41, 5.74) is 1.06. The number of benzene rings is 1. The summed E-state index contributed by atoms with van der Waals surface area (Å²) in [5.74, 6) is 1.09. The van der Waals surface area contributed by atoms with Crippen molar-refractivity contribution >= 4 is 11.8 Å². The normalized spacial score (nSPS) is 18.5. The van der Waals surface area contributed by atoms with E-state index in [0.717, 1.165) is 5.75 Å². The van der Waals surface area contributed by atoms with Gasteiger partial charge in [0.25, 0.3) is 0 Å². The summed E-state index contributed by atoms with van der Waals surface area (Å²) in [6, 6.07) is 8.46. The highest BCUT2D eigenvalue weighted by atomic mass is 32.2. The first kappa shape index (κ1) is 11.0. The minimum atomic E-state index is -0.130. The Morgan fingerprint density at radius 3 is 2.40 bits per heavy atom. The fourth-order valence-electron chi connectivity index (χ4n) is 1.77. The molecular weight excluding hydrogens is 208 g/mol. The maximum atomic E-state index is 9.38.